The van der Waals surface area contributed by atoms with E-state index in [1.165, 1.54) is 0 Å². The van der Waals surface area contributed by atoms with Crippen molar-refractivity contribution in [2.75, 3.05) is 17.2 Å². The summed E-state index contributed by atoms with van der Waals surface area (Å²) >= 11 is 6.53. The van der Waals surface area contributed by atoms with Crippen LogP contribution in [0.25, 0.3) is 11.1 Å². The highest BCUT2D eigenvalue weighted by molar-refractivity contribution is 7.19. The van der Waals surface area contributed by atoms with Crippen molar-refractivity contribution >= 4 is 44.7 Å². The van der Waals surface area contributed by atoms with E-state index in [1.54, 1.807) is 0 Å². The van der Waals surface area contributed by atoms with E-state index < -0.39 is 10.8 Å². The number of nitrogens with zero attached hydrogens (tertiary/aromatic N) is 2. The van der Waals surface area contributed by atoms with Crippen LogP contribution in [0, 0.1) is 10.1 Å². The molecule has 0 bridgehead atoms. The minimum absolute atomic E-state index is 0.0778. The Balaban J connectivity index is 1.99. The van der Waals surface area contributed by atoms with Crippen molar-refractivity contribution in [3.8, 4) is 11.1 Å². The SMILES string of the molecule is CCCCNc1cccc(-c2ccccc2)c1C(=O)Nc1nc(Cl)c([N+](=O)[O-])s1. The molecule has 7 nitrogen and oxygen atoms in total. The molecule has 150 valence electrons. The fourth-order valence-electron chi connectivity index (χ4n) is 2.82. The average Bonchev–Trinajstić information content (AvgIpc) is 3.09. The Labute approximate surface area is 176 Å². The van der Waals surface area contributed by atoms with E-state index in [-0.39, 0.29) is 15.3 Å². The van der Waals surface area contributed by atoms with Crippen molar-refractivity contribution in [2.45, 2.75) is 19.8 Å². The maximum absolute atomic E-state index is 13.2. The molecule has 0 unspecified atom stereocenters. The molecule has 0 atom stereocenters. The second-order valence-corrected chi connectivity index (χ2v) is 7.54. The number of aromatic nitrogens is 1. The molecule has 1 aromatic heterocycles. The van der Waals surface area contributed by atoms with Crippen LogP contribution in [0.2, 0.25) is 5.15 Å². The fourth-order valence-corrected chi connectivity index (χ4v) is 3.81. The smallest absolute Gasteiger partial charge is 0.364 e. The Morgan fingerprint density at radius 2 is 1.97 bits per heavy atom. The molecular formula is C20H19ClN4O3S. The summed E-state index contributed by atoms with van der Waals surface area (Å²) in [6.07, 6.45) is 1.99. The normalized spacial score (nSPS) is 10.6. The van der Waals surface area contributed by atoms with Crippen LogP contribution in [-0.2, 0) is 0 Å². The number of rotatable bonds is 8. The Bertz CT molecular complexity index is 1020. The highest BCUT2D eigenvalue weighted by atomic mass is 35.5. The summed E-state index contributed by atoms with van der Waals surface area (Å²) in [5.74, 6) is -0.413. The first kappa shape index (κ1) is 20.8. The first-order valence-electron chi connectivity index (χ1n) is 9.05. The zero-order chi connectivity index (χ0) is 20.8. The number of halogens is 1. The first-order valence-corrected chi connectivity index (χ1v) is 10.2. The van der Waals surface area contributed by atoms with E-state index in [0.29, 0.717) is 11.3 Å². The summed E-state index contributed by atoms with van der Waals surface area (Å²) in [4.78, 5) is 27.4. The Morgan fingerprint density at radius 3 is 2.62 bits per heavy atom. The molecule has 29 heavy (non-hydrogen) atoms. The minimum Gasteiger partial charge on any atom is -0.384 e. The van der Waals surface area contributed by atoms with Gasteiger partial charge < -0.3 is 5.32 Å². The topological polar surface area (TPSA) is 97.2 Å². The molecule has 9 heteroatoms. The van der Waals surface area contributed by atoms with Gasteiger partial charge in [-0.3, -0.25) is 20.2 Å². The van der Waals surface area contributed by atoms with Crippen molar-refractivity contribution in [3.05, 3.63) is 69.4 Å². The van der Waals surface area contributed by atoms with E-state index in [2.05, 4.69) is 22.5 Å². The molecule has 0 saturated carbocycles. The molecule has 0 aliphatic heterocycles. The third-order valence-electron chi connectivity index (χ3n) is 4.18. The lowest BCUT2D eigenvalue weighted by Gasteiger charge is -2.16. The van der Waals surface area contributed by atoms with Crippen LogP contribution in [0.5, 0.6) is 0 Å². The number of anilines is 2. The molecule has 3 aromatic rings. The van der Waals surface area contributed by atoms with E-state index in [4.69, 9.17) is 11.6 Å². The van der Waals surface area contributed by atoms with Crippen LogP contribution in [0.1, 0.15) is 30.1 Å². The van der Waals surface area contributed by atoms with Crippen molar-refractivity contribution < 1.29 is 9.72 Å². The number of thiazole rings is 1. The van der Waals surface area contributed by atoms with E-state index >= 15 is 0 Å². The second-order valence-electron chi connectivity index (χ2n) is 6.20. The van der Waals surface area contributed by atoms with Gasteiger partial charge in [0.15, 0.2) is 5.13 Å². The molecule has 0 radical (unpaired) electrons. The predicted molar refractivity (Wildman–Crippen MR) is 117 cm³/mol. The standard InChI is InChI=1S/C20H19ClN4O3S/c1-2-3-12-22-15-11-7-10-14(13-8-5-4-6-9-13)16(15)18(26)24-20-23-17(21)19(29-20)25(27)28/h4-11,22H,2-3,12H2,1H3,(H,23,24,26). The van der Waals surface area contributed by atoms with Gasteiger partial charge >= 0.3 is 5.00 Å². The molecule has 0 aliphatic carbocycles. The Hall–Kier alpha value is -2.97. The third kappa shape index (κ3) is 4.90. The Kier molecular flexibility index (Phi) is 6.79. The van der Waals surface area contributed by atoms with Crippen LogP contribution >= 0.6 is 22.9 Å². The number of benzene rings is 2. The van der Waals surface area contributed by atoms with Crippen LogP contribution in [0.15, 0.2) is 48.5 Å². The summed E-state index contributed by atoms with van der Waals surface area (Å²) in [5, 5.41) is 16.5. The van der Waals surface area contributed by atoms with Gasteiger partial charge in [-0.25, -0.2) is 4.98 Å². The lowest BCUT2D eigenvalue weighted by molar-refractivity contribution is -0.380. The summed E-state index contributed by atoms with van der Waals surface area (Å²) in [6, 6.07) is 15.2. The average molecular weight is 431 g/mol. The molecule has 0 spiro atoms. The van der Waals surface area contributed by atoms with Crippen molar-refractivity contribution in [1.82, 2.24) is 4.98 Å². The number of amides is 1. The number of carbonyl (C=O) groups is 1. The van der Waals surface area contributed by atoms with Crippen LogP contribution in [-0.4, -0.2) is 22.4 Å². The number of hydrogen-bond acceptors (Lipinski definition) is 6. The zero-order valence-electron chi connectivity index (χ0n) is 15.6. The molecule has 1 heterocycles. The zero-order valence-corrected chi connectivity index (χ0v) is 17.2. The van der Waals surface area contributed by atoms with Crippen molar-refractivity contribution in [3.63, 3.8) is 0 Å². The molecule has 2 N–H and O–H groups in total. The summed E-state index contributed by atoms with van der Waals surface area (Å²) in [7, 11) is 0. The number of nitrogens with one attached hydrogen (secondary N) is 2. The largest absolute Gasteiger partial charge is 0.384 e. The van der Waals surface area contributed by atoms with Gasteiger partial charge in [-0.15, -0.1) is 0 Å². The highest BCUT2D eigenvalue weighted by Crippen LogP contribution is 2.35. The minimum atomic E-state index is -0.620. The number of carbonyl (C=O) groups excluding carboxylic acids is 1. The van der Waals surface area contributed by atoms with Gasteiger partial charge in [0.2, 0.25) is 5.15 Å². The molecule has 3 rings (SSSR count). The highest BCUT2D eigenvalue weighted by Gasteiger charge is 2.23. The molecule has 0 saturated heterocycles. The quantitative estimate of drug-likeness (QED) is 0.266. The number of unbranched alkanes of at least 4 members (excludes halogenated alkanes) is 1. The number of nitro groups is 1. The first-order chi connectivity index (χ1) is 14.0. The van der Waals surface area contributed by atoms with Crippen molar-refractivity contribution in [2.24, 2.45) is 0 Å². The summed E-state index contributed by atoms with van der Waals surface area (Å²) < 4.78 is 0. The molecular weight excluding hydrogens is 412 g/mol. The molecule has 0 fully saturated rings. The van der Waals surface area contributed by atoms with Gasteiger partial charge in [0.05, 0.1) is 10.5 Å². The second kappa shape index (κ2) is 9.49. The Morgan fingerprint density at radius 1 is 1.21 bits per heavy atom. The lowest BCUT2D eigenvalue weighted by atomic mass is 9.97. The van der Waals surface area contributed by atoms with Crippen LogP contribution in [0.4, 0.5) is 15.8 Å². The third-order valence-corrected chi connectivity index (χ3v) is 5.48. The van der Waals surface area contributed by atoms with Gasteiger partial charge in [-0.2, -0.15) is 0 Å². The lowest BCUT2D eigenvalue weighted by Crippen LogP contribution is -2.16. The fraction of sp³-hybridized carbons (Fsp3) is 0.200. The number of hydrogen-bond donors (Lipinski definition) is 2. The molecule has 0 aliphatic rings. The maximum Gasteiger partial charge on any atom is 0.364 e. The predicted octanol–water partition coefficient (Wildman–Crippen LogP) is 5.84. The maximum atomic E-state index is 13.2. The van der Waals surface area contributed by atoms with Gasteiger partial charge in [-0.05, 0) is 35.0 Å². The monoisotopic (exact) mass is 430 g/mol. The van der Waals surface area contributed by atoms with E-state index in [0.717, 1.165) is 41.9 Å². The van der Waals surface area contributed by atoms with E-state index in [1.807, 2.05) is 48.5 Å². The molecule has 2 aromatic carbocycles. The van der Waals surface area contributed by atoms with E-state index in [9.17, 15) is 14.9 Å². The van der Waals surface area contributed by atoms with Crippen LogP contribution in [0.3, 0.4) is 0 Å². The van der Waals surface area contributed by atoms with Gasteiger partial charge in [0.25, 0.3) is 5.91 Å². The molecule has 1 amide bonds. The van der Waals surface area contributed by atoms with Gasteiger partial charge in [-0.1, -0.05) is 67.4 Å². The summed E-state index contributed by atoms with van der Waals surface area (Å²) in [5.41, 5.74) is 2.78. The van der Waals surface area contributed by atoms with Gasteiger partial charge in [0, 0.05) is 12.2 Å². The van der Waals surface area contributed by atoms with Crippen LogP contribution < -0.4 is 10.6 Å². The van der Waals surface area contributed by atoms with Crippen molar-refractivity contribution in [1.29, 1.82) is 0 Å². The summed E-state index contributed by atoms with van der Waals surface area (Å²) in [6.45, 7) is 2.82. The van der Waals surface area contributed by atoms with Gasteiger partial charge in [0.1, 0.15) is 0 Å².